The summed E-state index contributed by atoms with van der Waals surface area (Å²) in [6.07, 6.45) is 2.45. The van der Waals surface area contributed by atoms with E-state index in [1.165, 1.54) is 24.3 Å². The number of carbonyl (C=O) groups is 2. The molecule has 1 N–H and O–H groups in total. The Morgan fingerprint density at radius 2 is 1.47 bits per heavy atom. The summed E-state index contributed by atoms with van der Waals surface area (Å²) in [5.74, 6) is -3.60. The lowest BCUT2D eigenvalue weighted by molar-refractivity contribution is -0.307. The number of carbonyl (C=O) groups excluding carboxylic acids is 2. The molecule has 2 aliphatic rings. The molecule has 0 unspecified atom stereocenters. The maximum Gasteiger partial charge on any atom is 0.373 e. The molecular weight excluding hydrogens is 248 g/mol. The fourth-order valence-corrected chi connectivity index (χ4v) is 1.87. The summed E-state index contributed by atoms with van der Waals surface area (Å²) in [6, 6.07) is 5.88. The summed E-state index contributed by atoms with van der Waals surface area (Å²) in [5.41, 5.74) is 0.548. The van der Waals surface area contributed by atoms with E-state index < -0.39 is 17.9 Å². The third-order valence-electron chi connectivity index (χ3n) is 2.96. The Hall–Kier alpha value is -1.88. The van der Waals surface area contributed by atoms with Crippen molar-refractivity contribution in [3.05, 3.63) is 35.4 Å². The van der Waals surface area contributed by atoms with Crippen molar-refractivity contribution in [2.75, 3.05) is 0 Å². The van der Waals surface area contributed by atoms with Gasteiger partial charge < -0.3 is 14.6 Å². The summed E-state index contributed by atoms with van der Waals surface area (Å²) in [7, 11) is 0. The minimum absolute atomic E-state index is 0.0683. The second kappa shape index (κ2) is 5.40. The highest BCUT2D eigenvalue weighted by Crippen LogP contribution is 2.24. The second-order valence-electron chi connectivity index (χ2n) is 4.53. The second-order valence-corrected chi connectivity index (χ2v) is 4.53. The summed E-state index contributed by atoms with van der Waals surface area (Å²) in [5, 5.41) is 10.2. The van der Waals surface area contributed by atoms with E-state index in [2.05, 4.69) is 0 Å². The van der Waals surface area contributed by atoms with E-state index in [1.54, 1.807) is 0 Å². The van der Waals surface area contributed by atoms with E-state index in [9.17, 15) is 14.7 Å². The van der Waals surface area contributed by atoms with Crippen LogP contribution in [0.25, 0.3) is 0 Å². The van der Waals surface area contributed by atoms with Crippen molar-refractivity contribution >= 4 is 11.9 Å². The number of esters is 2. The SMILES string of the molecule is CCCCCC1(O)OC(=O)c2ccc(cc2)C(=O)O1. The van der Waals surface area contributed by atoms with E-state index in [0.717, 1.165) is 12.8 Å². The molecule has 1 aromatic rings. The van der Waals surface area contributed by atoms with Crippen molar-refractivity contribution < 1.29 is 24.2 Å². The molecule has 3 rings (SSSR count). The van der Waals surface area contributed by atoms with Gasteiger partial charge in [0.1, 0.15) is 0 Å². The predicted octanol–water partition coefficient (Wildman–Crippen LogP) is 2.24. The fourth-order valence-electron chi connectivity index (χ4n) is 1.87. The normalized spacial score (nSPS) is 17.2. The Kier molecular flexibility index (Phi) is 3.85. The monoisotopic (exact) mass is 264 g/mol. The van der Waals surface area contributed by atoms with Gasteiger partial charge in [0, 0.05) is 0 Å². The number of hydrogen-bond acceptors (Lipinski definition) is 5. The lowest BCUT2D eigenvalue weighted by atomic mass is 10.1. The van der Waals surface area contributed by atoms with Crippen molar-refractivity contribution in [3.63, 3.8) is 0 Å². The number of rotatable bonds is 4. The van der Waals surface area contributed by atoms with Gasteiger partial charge in [-0.3, -0.25) is 0 Å². The topological polar surface area (TPSA) is 72.8 Å². The molecule has 5 nitrogen and oxygen atoms in total. The number of unbranched alkanes of at least 4 members (excludes halogenated alkanes) is 2. The van der Waals surface area contributed by atoms with Crippen LogP contribution < -0.4 is 0 Å². The highest BCUT2D eigenvalue weighted by atomic mass is 16.8. The van der Waals surface area contributed by atoms with Crippen LogP contribution in [-0.2, 0) is 9.47 Å². The molecule has 0 saturated heterocycles. The molecule has 0 amide bonds. The first-order valence-corrected chi connectivity index (χ1v) is 6.33. The number of aliphatic hydroxyl groups is 1. The van der Waals surface area contributed by atoms with Gasteiger partial charge in [0.05, 0.1) is 17.5 Å². The highest BCUT2D eigenvalue weighted by molar-refractivity contribution is 5.94. The largest absolute Gasteiger partial charge is 0.394 e. The molecule has 2 aliphatic heterocycles. The molecule has 2 bridgehead atoms. The van der Waals surface area contributed by atoms with Crippen LogP contribution in [0.4, 0.5) is 0 Å². The van der Waals surface area contributed by atoms with E-state index in [4.69, 9.17) is 9.47 Å². The first kappa shape index (κ1) is 13.5. The van der Waals surface area contributed by atoms with Crippen LogP contribution >= 0.6 is 0 Å². The van der Waals surface area contributed by atoms with Crippen molar-refractivity contribution in [3.8, 4) is 0 Å². The van der Waals surface area contributed by atoms with Gasteiger partial charge in [-0.1, -0.05) is 19.8 Å². The maximum absolute atomic E-state index is 11.8. The van der Waals surface area contributed by atoms with Crippen LogP contribution in [0.2, 0.25) is 0 Å². The molecule has 5 heteroatoms. The lowest BCUT2D eigenvalue weighted by Gasteiger charge is -2.26. The standard InChI is InChI=1S/C14H16O5/c1-2-3-4-9-14(17)18-12(15)10-5-6-11(8-7-10)13(16)19-14/h5-8,17H,2-4,9H2,1H3. The molecule has 0 fully saturated rings. The Labute approximate surface area is 111 Å². The number of ether oxygens (including phenoxy) is 2. The van der Waals surface area contributed by atoms with Gasteiger partial charge in [-0.15, -0.1) is 0 Å². The lowest BCUT2D eigenvalue weighted by Crippen LogP contribution is -2.39. The molecule has 0 saturated carbocycles. The van der Waals surface area contributed by atoms with Gasteiger partial charge in [0.2, 0.25) is 0 Å². The van der Waals surface area contributed by atoms with Crippen LogP contribution in [0.15, 0.2) is 24.3 Å². The minimum Gasteiger partial charge on any atom is -0.394 e. The maximum atomic E-state index is 11.8. The molecule has 0 aliphatic carbocycles. The van der Waals surface area contributed by atoms with Gasteiger partial charge in [0.25, 0.3) is 0 Å². The Morgan fingerprint density at radius 3 is 1.89 bits per heavy atom. The summed E-state index contributed by atoms with van der Waals surface area (Å²) >= 11 is 0. The van der Waals surface area contributed by atoms with E-state index in [0.29, 0.717) is 6.42 Å². The Bertz CT molecular complexity index is 440. The minimum atomic E-state index is -2.18. The predicted molar refractivity (Wildman–Crippen MR) is 66.4 cm³/mol. The molecule has 102 valence electrons. The number of hydrogen-bond donors (Lipinski definition) is 1. The molecule has 19 heavy (non-hydrogen) atoms. The molecule has 0 spiro atoms. The number of fused-ring (bicyclic) bond motifs is 6. The van der Waals surface area contributed by atoms with Crippen LogP contribution in [0.5, 0.6) is 0 Å². The van der Waals surface area contributed by atoms with E-state index >= 15 is 0 Å². The van der Waals surface area contributed by atoms with Crippen molar-refractivity contribution in [2.45, 2.75) is 38.6 Å². The Balaban J connectivity index is 2.22. The van der Waals surface area contributed by atoms with E-state index in [-0.39, 0.29) is 17.5 Å². The summed E-state index contributed by atoms with van der Waals surface area (Å²) in [4.78, 5) is 23.6. The van der Waals surface area contributed by atoms with Crippen molar-refractivity contribution in [1.82, 2.24) is 0 Å². The van der Waals surface area contributed by atoms with Gasteiger partial charge in [-0.25, -0.2) is 9.59 Å². The molecule has 0 radical (unpaired) electrons. The first-order chi connectivity index (χ1) is 9.04. The highest BCUT2D eigenvalue weighted by Gasteiger charge is 2.37. The average molecular weight is 264 g/mol. The van der Waals surface area contributed by atoms with Crippen LogP contribution in [-0.4, -0.2) is 23.0 Å². The quantitative estimate of drug-likeness (QED) is 0.667. The summed E-state index contributed by atoms with van der Waals surface area (Å²) < 4.78 is 9.85. The van der Waals surface area contributed by atoms with Gasteiger partial charge in [0.15, 0.2) is 0 Å². The van der Waals surface area contributed by atoms with Crippen LogP contribution in [0, 0.1) is 0 Å². The van der Waals surface area contributed by atoms with E-state index in [1.807, 2.05) is 6.92 Å². The molecule has 2 heterocycles. The average Bonchev–Trinajstić information content (AvgIpc) is 2.44. The summed E-state index contributed by atoms with van der Waals surface area (Å²) in [6.45, 7) is 2.00. The van der Waals surface area contributed by atoms with Gasteiger partial charge >= 0.3 is 17.9 Å². The number of benzene rings is 1. The van der Waals surface area contributed by atoms with Crippen molar-refractivity contribution in [2.24, 2.45) is 0 Å². The third-order valence-corrected chi connectivity index (χ3v) is 2.96. The molecular formula is C14H16O5. The van der Waals surface area contributed by atoms with Gasteiger partial charge in [-0.05, 0) is 30.7 Å². The van der Waals surface area contributed by atoms with Gasteiger partial charge in [-0.2, -0.15) is 0 Å². The van der Waals surface area contributed by atoms with Crippen LogP contribution in [0.1, 0.15) is 53.3 Å². The molecule has 0 aromatic heterocycles. The Morgan fingerprint density at radius 1 is 1.00 bits per heavy atom. The molecule has 0 atom stereocenters. The zero-order valence-corrected chi connectivity index (χ0v) is 10.7. The fraction of sp³-hybridized carbons (Fsp3) is 0.429. The van der Waals surface area contributed by atoms with Crippen LogP contribution in [0.3, 0.4) is 0 Å². The zero-order chi connectivity index (χ0) is 13.9. The zero-order valence-electron chi connectivity index (χ0n) is 10.7. The third kappa shape index (κ3) is 3.12. The smallest absolute Gasteiger partial charge is 0.373 e. The van der Waals surface area contributed by atoms with Crippen molar-refractivity contribution in [1.29, 1.82) is 0 Å². The first-order valence-electron chi connectivity index (χ1n) is 6.33. The molecule has 1 aromatic carbocycles.